The number of benzene rings is 1. The molecule has 0 aliphatic heterocycles. The maximum Gasteiger partial charge on any atom is 0.252 e. The predicted octanol–water partition coefficient (Wildman–Crippen LogP) is 2.92. The van der Waals surface area contributed by atoms with Gasteiger partial charge in [0.05, 0.1) is 17.8 Å². The van der Waals surface area contributed by atoms with Gasteiger partial charge in [-0.1, -0.05) is 17.7 Å². The van der Waals surface area contributed by atoms with E-state index >= 15 is 0 Å². The number of amides is 1. The number of carbonyl (C=O) groups excluding carboxylic acids is 1. The molecule has 0 unspecified atom stereocenters. The number of aromatic nitrogens is 1. The Morgan fingerprint density at radius 2 is 2.17 bits per heavy atom. The van der Waals surface area contributed by atoms with Crippen LogP contribution in [0, 0.1) is 10.5 Å². The van der Waals surface area contributed by atoms with Crippen LogP contribution in [0.1, 0.15) is 21.6 Å². The monoisotopic (exact) mass is 352 g/mol. The number of hydrogen-bond donors (Lipinski definition) is 1. The minimum absolute atomic E-state index is 0.0648. The minimum atomic E-state index is -0.0648. The van der Waals surface area contributed by atoms with Gasteiger partial charge in [0, 0.05) is 9.77 Å². The van der Waals surface area contributed by atoms with Crippen molar-refractivity contribution in [1.82, 2.24) is 10.3 Å². The van der Waals surface area contributed by atoms with Crippen LogP contribution < -0.4 is 5.32 Å². The Labute approximate surface area is 120 Å². The second-order valence-corrected chi connectivity index (χ2v) is 5.15. The van der Waals surface area contributed by atoms with Gasteiger partial charge in [-0.15, -0.1) is 0 Å². The molecular weight excluding hydrogens is 339 g/mol. The fraction of sp³-hybridized carbons (Fsp3) is 0.143. The van der Waals surface area contributed by atoms with E-state index in [1.54, 1.807) is 6.20 Å². The maximum absolute atomic E-state index is 12.0. The summed E-state index contributed by atoms with van der Waals surface area (Å²) < 4.78 is 0.964. The van der Waals surface area contributed by atoms with E-state index < -0.39 is 0 Å². The van der Waals surface area contributed by atoms with Gasteiger partial charge < -0.3 is 5.32 Å². The molecule has 1 heterocycles. The number of hydrogen-bond acceptors (Lipinski definition) is 2. The molecule has 0 radical (unpaired) electrons. The van der Waals surface area contributed by atoms with Crippen LogP contribution in [0.2, 0.25) is 0 Å². The standard InChI is InChI=1S/C14H13IN2O/c1-10-5-6-12(13(15)8-10)14(18)17-9-11-4-2-3-7-16-11/h2-8H,9H2,1H3,(H,17,18). The van der Waals surface area contributed by atoms with E-state index in [0.29, 0.717) is 12.1 Å². The third-order valence-electron chi connectivity index (χ3n) is 2.53. The van der Waals surface area contributed by atoms with Crippen molar-refractivity contribution < 1.29 is 4.79 Å². The van der Waals surface area contributed by atoms with Crippen molar-refractivity contribution in [2.75, 3.05) is 0 Å². The van der Waals surface area contributed by atoms with Gasteiger partial charge in [-0.3, -0.25) is 9.78 Å². The zero-order valence-corrected chi connectivity index (χ0v) is 12.1. The lowest BCUT2D eigenvalue weighted by Crippen LogP contribution is -2.24. The van der Waals surface area contributed by atoms with E-state index in [1.165, 1.54) is 0 Å². The van der Waals surface area contributed by atoms with Crippen LogP contribution in [0.25, 0.3) is 0 Å². The third-order valence-corrected chi connectivity index (χ3v) is 3.42. The smallest absolute Gasteiger partial charge is 0.252 e. The first-order valence-electron chi connectivity index (χ1n) is 5.61. The summed E-state index contributed by atoms with van der Waals surface area (Å²) in [6.45, 7) is 2.46. The summed E-state index contributed by atoms with van der Waals surface area (Å²) in [6, 6.07) is 11.4. The van der Waals surface area contributed by atoms with Crippen molar-refractivity contribution in [2.24, 2.45) is 0 Å². The molecule has 0 spiro atoms. The van der Waals surface area contributed by atoms with Crippen LogP contribution in [0.15, 0.2) is 42.6 Å². The molecule has 0 bridgehead atoms. The van der Waals surface area contributed by atoms with E-state index in [4.69, 9.17) is 0 Å². The number of nitrogens with one attached hydrogen (secondary N) is 1. The van der Waals surface area contributed by atoms with Gasteiger partial charge in [0.15, 0.2) is 0 Å². The van der Waals surface area contributed by atoms with Crippen molar-refractivity contribution in [1.29, 1.82) is 0 Å². The summed E-state index contributed by atoms with van der Waals surface area (Å²) in [5.74, 6) is -0.0648. The first kappa shape index (κ1) is 13.0. The Hall–Kier alpha value is -1.43. The molecule has 18 heavy (non-hydrogen) atoms. The zero-order chi connectivity index (χ0) is 13.0. The Bertz CT molecular complexity index is 555. The van der Waals surface area contributed by atoms with E-state index in [9.17, 15) is 4.79 Å². The van der Waals surface area contributed by atoms with Crippen molar-refractivity contribution in [3.8, 4) is 0 Å². The Morgan fingerprint density at radius 1 is 1.33 bits per heavy atom. The lowest BCUT2D eigenvalue weighted by Gasteiger charge is -2.07. The Balaban J connectivity index is 2.04. The Kier molecular flexibility index (Phi) is 4.30. The second kappa shape index (κ2) is 5.95. The van der Waals surface area contributed by atoms with Gasteiger partial charge in [0.1, 0.15) is 0 Å². The second-order valence-electron chi connectivity index (χ2n) is 3.99. The summed E-state index contributed by atoms with van der Waals surface area (Å²) >= 11 is 2.18. The van der Waals surface area contributed by atoms with Crippen LogP contribution in [0.4, 0.5) is 0 Å². The average Bonchev–Trinajstić information content (AvgIpc) is 2.37. The van der Waals surface area contributed by atoms with Gasteiger partial charge in [-0.2, -0.15) is 0 Å². The molecule has 0 saturated heterocycles. The van der Waals surface area contributed by atoms with Crippen LogP contribution >= 0.6 is 22.6 Å². The van der Waals surface area contributed by atoms with Gasteiger partial charge >= 0.3 is 0 Å². The van der Waals surface area contributed by atoms with E-state index in [2.05, 4.69) is 32.9 Å². The van der Waals surface area contributed by atoms with Crippen LogP contribution in [0.5, 0.6) is 0 Å². The molecule has 0 saturated carbocycles. The first-order valence-corrected chi connectivity index (χ1v) is 6.69. The van der Waals surface area contributed by atoms with E-state index in [0.717, 1.165) is 14.8 Å². The third kappa shape index (κ3) is 3.29. The highest BCUT2D eigenvalue weighted by molar-refractivity contribution is 14.1. The highest BCUT2D eigenvalue weighted by atomic mass is 127. The van der Waals surface area contributed by atoms with E-state index in [1.807, 2.05) is 43.3 Å². The summed E-state index contributed by atoms with van der Waals surface area (Å²) in [6.07, 6.45) is 1.72. The first-order chi connectivity index (χ1) is 8.66. The van der Waals surface area contributed by atoms with E-state index in [-0.39, 0.29) is 5.91 Å². The number of nitrogens with zero attached hydrogens (tertiary/aromatic N) is 1. The van der Waals surface area contributed by atoms with Crippen molar-refractivity contribution in [2.45, 2.75) is 13.5 Å². The highest BCUT2D eigenvalue weighted by Gasteiger charge is 2.09. The zero-order valence-electron chi connectivity index (χ0n) is 9.98. The topological polar surface area (TPSA) is 42.0 Å². The quantitative estimate of drug-likeness (QED) is 0.864. The van der Waals surface area contributed by atoms with Crippen LogP contribution in [-0.2, 0) is 6.54 Å². The maximum atomic E-state index is 12.0. The number of pyridine rings is 1. The molecule has 1 N–H and O–H groups in total. The number of rotatable bonds is 3. The summed E-state index contributed by atoms with van der Waals surface area (Å²) in [5.41, 5.74) is 2.71. The molecule has 2 rings (SSSR count). The molecule has 0 atom stereocenters. The van der Waals surface area contributed by atoms with Gasteiger partial charge in [0.25, 0.3) is 5.91 Å². The molecule has 0 fully saturated rings. The number of halogens is 1. The molecule has 3 nitrogen and oxygen atoms in total. The SMILES string of the molecule is Cc1ccc(C(=O)NCc2ccccn2)c(I)c1. The molecule has 0 aliphatic carbocycles. The van der Waals surface area contributed by atoms with Crippen molar-refractivity contribution in [3.63, 3.8) is 0 Å². The molecule has 4 heteroatoms. The number of carbonyl (C=O) groups is 1. The lowest BCUT2D eigenvalue weighted by atomic mass is 10.1. The minimum Gasteiger partial charge on any atom is -0.346 e. The van der Waals surface area contributed by atoms with Crippen LogP contribution in [0.3, 0.4) is 0 Å². The fourth-order valence-electron chi connectivity index (χ4n) is 1.57. The van der Waals surface area contributed by atoms with Crippen molar-refractivity contribution >= 4 is 28.5 Å². The molecular formula is C14H13IN2O. The average molecular weight is 352 g/mol. The van der Waals surface area contributed by atoms with Crippen molar-refractivity contribution in [3.05, 3.63) is 63.0 Å². The molecule has 1 aromatic carbocycles. The molecule has 1 aromatic heterocycles. The molecule has 1 amide bonds. The van der Waals surface area contributed by atoms with Gasteiger partial charge in [-0.05, 0) is 53.8 Å². The molecule has 0 aliphatic rings. The highest BCUT2D eigenvalue weighted by Crippen LogP contribution is 2.14. The van der Waals surface area contributed by atoms with Crippen LogP contribution in [-0.4, -0.2) is 10.9 Å². The van der Waals surface area contributed by atoms with Gasteiger partial charge in [-0.25, -0.2) is 0 Å². The van der Waals surface area contributed by atoms with Gasteiger partial charge in [0.2, 0.25) is 0 Å². The molecule has 2 aromatic rings. The summed E-state index contributed by atoms with van der Waals surface area (Å²) in [4.78, 5) is 16.2. The fourth-order valence-corrected chi connectivity index (χ4v) is 2.49. The summed E-state index contributed by atoms with van der Waals surface area (Å²) in [7, 11) is 0. The molecule has 92 valence electrons. The Morgan fingerprint density at radius 3 is 2.83 bits per heavy atom. The lowest BCUT2D eigenvalue weighted by molar-refractivity contribution is 0.0949. The normalized spacial score (nSPS) is 10.1. The largest absolute Gasteiger partial charge is 0.346 e. The number of aryl methyl sites for hydroxylation is 1. The summed E-state index contributed by atoms with van der Waals surface area (Å²) in [5, 5.41) is 2.87. The predicted molar refractivity (Wildman–Crippen MR) is 79.3 cm³/mol.